The van der Waals surface area contributed by atoms with Gasteiger partial charge in [-0.05, 0) is 14.0 Å². The Labute approximate surface area is 107 Å². The van der Waals surface area contributed by atoms with Crippen LogP contribution in [0.25, 0.3) is 0 Å². The van der Waals surface area contributed by atoms with E-state index in [0.717, 1.165) is 11.4 Å². The van der Waals surface area contributed by atoms with E-state index in [0.29, 0.717) is 11.4 Å². The minimum Gasteiger partial charge on any atom is -0.316 e. The predicted octanol–water partition coefficient (Wildman–Crippen LogP) is 0.557. The summed E-state index contributed by atoms with van der Waals surface area (Å²) in [5, 5.41) is 7.81. The molecule has 1 aromatic heterocycles. The molecule has 7 heteroatoms. The molecule has 5 nitrogen and oxygen atoms in total. The molecule has 17 heavy (non-hydrogen) atoms. The van der Waals surface area contributed by atoms with Gasteiger partial charge in [0.15, 0.2) is 0 Å². The van der Waals surface area contributed by atoms with E-state index in [4.69, 9.17) is 11.6 Å². The smallest absolute Gasteiger partial charge is 0.148 e. The van der Waals surface area contributed by atoms with Crippen molar-refractivity contribution in [1.82, 2.24) is 15.1 Å². The first kappa shape index (κ1) is 14.5. The Bertz CT molecular complexity index is 496. The lowest BCUT2D eigenvalue weighted by Gasteiger charge is -2.15. The number of aromatic nitrogens is 2. The molecule has 1 N–H and O–H groups in total. The number of nitrogens with zero attached hydrogens (tertiary/aromatic N) is 2. The maximum Gasteiger partial charge on any atom is 0.148 e. The summed E-state index contributed by atoms with van der Waals surface area (Å²) < 4.78 is 24.2. The molecule has 1 rings (SSSR count). The summed E-state index contributed by atoms with van der Waals surface area (Å²) in [5.41, 5.74) is 1.62. The van der Waals surface area contributed by atoms with Gasteiger partial charge in [0.2, 0.25) is 0 Å². The molecule has 0 aliphatic carbocycles. The van der Waals surface area contributed by atoms with Gasteiger partial charge in [-0.25, -0.2) is 8.42 Å². The summed E-state index contributed by atoms with van der Waals surface area (Å²) in [6, 6.07) is -0.155. The van der Waals surface area contributed by atoms with Crippen molar-refractivity contribution in [2.24, 2.45) is 7.05 Å². The van der Waals surface area contributed by atoms with Crippen molar-refractivity contribution in [3.05, 3.63) is 16.4 Å². The van der Waals surface area contributed by atoms with Gasteiger partial charge in [-0.3, -0.25) is 4.68 Å². The second kappa shape index (κ2) is 5.37. The highest BCUT2D eigenvalue weighted by atomic mass is 35.5. The minimum atomic E-state index is -3.01. The van der Waals surface area contributed by atoms with Gasteiger partial charge in [0, 0.05) is 25.8 Å². The molecule has 0 spiro atoms. The van der Waals surface area contributed by atoms with Gasteiger partial charge >= 0.3 is 0 Å². The van der Waals surface area contributed by atoms with Crippen molar-refractivity contribution in [3.8, 4) is 0 Å². The molecule has 1 heterocycles. The molecule has 1 atom stereocenters. The Morgan fingerprint density at radius 3 is 2.47 bits per heavy atom. The second-order valence-corrected chi connectivity index (χ2v) is 6.81. The third kappa shape index (κ3) is 3.97. The summed E-state index contributed by atoms with van der Waals surface area (Å²) in [5.74, 6) is 0.0874. The standard InChI is InChI=1S/C10H18ClN3O2S/c1-7-10(11)9(14(3)13-7)5-8(12-2)6-17(4,15)16/h8,12H,5-6H2,1-4H3. The summed E-state index contributed by atoms with van der Waals surface area (Å²) in [7, 11) is 0.540. The molecule has 0 aliphatic heterocycles. The Kier molecular flexibility index (Phi) is 4.57. The lowest BCUT2D eigenvalue weighted by Crippen LogP contribution is -2.35. The lowest BCUT2D eigenvalue weighted by atomic mass is 10.2. The zero-order valence-electron chi connectivity index (χ0n) is 10.5. The van der Waals surface area contributed by atoms with Crippen LogP contribution in [-0.2, 0) is 23.3 Å². The first-order chi connectivity index (χ1) is 7.74. The number of halogens is 1. The van der Waals surface area contributed by atoms with E-state index >= 15 is 0 Å². The summed E-state index contributed by atoms with van der Waals surface area (Å²) in [4.78, 5) is 0. The Balaban J connectivity index is 2.88. The second-order valence-electron chi connectivity index (χ2n) is 4.25. The predicted molar refractivity (Wildman–Crippen MR) is 69.2 cm³/mol. The molecule has 0 amide bonds. The largest absolute Gasteiger partial charge is 0.316 e. The molecule has 0 radical (unpaired) electrons. The molecule has 0 aromatic carbocycles. The molecule has 0 saturated heterocycles. The van der Waals surface area contributed by atoms with Crippen molar-refractivity contribution >= 4 is 21.4 Å². The normalized spacial score (nSPS) is 13.9. The third-order valence-electron chi connectivity index (χ3n) is 2.61. The summed E-state index contributed by atoms with van der Waals surface area (Å²) in [6.07, 6.45) is 1.77. The van der Waals surface area contributed by atoms with Crippen molar-refractivity contribution in [2.75, 3.05) is 19.1 Å². The van der Waals surface area contributed by atoms with Crippen LogP contribution in [0.2, 0.25) is 5.02 Å². The molecular formula is C10H18ClN3O2S. The SMILES string of the molecule is CNC(Cc1c(Cl)c(C)nn1C)CS(C)(=O)=O. The van der Waals surface area contributed by atoms with Gasteiger partial charge < -0.3 is 5.32 Å². The van der Waals surface area contributed by atoms with Crippen LogP contribution < -0.4 is 5.32 Å². The van der Waals surface area contributed by atoms with Crippen LogP contribution in [-0.4, -0.2) is 43.3 Å². The Morgan fingerprint density at radius 1 is 1.53 bits per heavy atom. The van der Waals surface area contributed by atoms with Crippen LogP contribution in [0.15, 0.2) is 0 Å². The fraction of sp³-hybridized carbons (Fsp3) is 0.700. The Hall–Kier alpha value is -0.590. The van der Waals surface area contributed by atoms with Gasteiger partial charge in [0.25, 0.3) is 0 Å². The Morgan fingerprint density at radius 2 is 2.12 bits per heavy atom. The van der Waals surface area contributed by atoms with Crippen LogP contribution in [0, 0.1) is 6.92 Å². The third-order valence-corrected chi connectivity index (χ3v) is 4.11. The molecule has 1 unspecified atom stereocenters. The van der Waals surface area contributed by atoms with E-state index in [9.17, 15) is 8.42 Å². The highest BCUT2D eigenvalue weighted by Gasteiger charge is 2.19. The van der Waals surface area contributed by atoms with Crippen molar-refractivity contribution < 1.29 is 8.42 Å². The summed E-state index contributed by atoms with van der Waals surface area (Å²) in [6.45, 7) is 1.83. The molecule has 0 saturated carbocycles. The number of rotatable bonds is 5. The van der Waals surface area contributed by atoms with E-state index in [-0.39, 0.29) is 11.8 Å². The number of hydrogen-bond acceptors (Lipinski definition) is 4. The fourth-order valence-corrected chi connectivity index (χ4v) is 3.00. The first-order valence-corrected chi connectivity index (χ1v) is 7.71. The topological polar surface area (TPSA) is 64.0 Å². The monoisotopic (exact) mass is 279 g/mol. The molecule has 1 aromatic rings. The zero-order chi connectivity index (χ0) is 13.2. The van der Waals surface area contributed by atoms with Crippen molar-refractivity contribution in [2.45, 2.75) is 19.4 Å². The highest BCUT2D eigenvalue weighted by Crippen LogP contribution is 2.20. The van der Waals surface area contributed by atoms with Gasteiger partial charge in [-0.1, -0.05) is 11.6 Å². The van der Waals surface area contributed by atoms with Crippen LogP contribution in [0.5, 0.6) is 0 Å². The van der Waals surface area contributed by atoms with E-state index in [1.54, 1.807) is 18.8 Å². The lowest BCUT2D eigenvalue weighted by molar-refractivity contribution is 0.552. The quantitative estimate of drug-likeness (QED) is 0.855. The van der Waals surface area contributed by atoms with Gasteiger partial charge in [0.1, 0.15) is 9.84 Å². The van der Waals surface area contributed by atoms with Crippen molar-refractivity contribution in [1.29, 1.82) is 0 Å². The average Bonchev–Trinajstić information content (AvgIpc) is 2.42. The van der Waals surface area contributed by atoms with Gasteiger partial charge in [-0.2, -0.15) is 5.10 Å². The molecule has 0 bridgehead atoms. The molecule has 0 fully saturated rings. The van der Waals surface area contributed by atoms with Gasteiger partial charge in [0.05, 0.1) is 22.2 Å². The zero-order valence-corrected chi connectivity index (χ0v) is 12.1. The van der Waals surface area contributed by atoms with Gasteiger partial charge in [-0.15, -0.1) is 0 Å². The number of nitrogens with one attached hydrogen (secondary N) is 1. The van der Waals surface area contributed by atoms with Crippen molar-refractivity contribution in [3.63, 3.8) is 0 Å². The number of sulfone groups is 1. The molecule has 98 valence electrons. The van der Waals surface area contributed by atoms with E-state index in [2.05, 4.69) is 10.4 Å². The number of hydrogen-bond donors (Lipinski definition) is 1. The number of likely N-dealkylation sites (N-methyl/N-ethyl adjacent to an activating group) is 1. The van der Waals surface area contributed by atoms with E-state index < -0.39 is 9.84 Å². The minimum absolute atomic E-state index is 0.0874. The van der Waals surface area contributed by atoms with Crippen LogP contribution in [0.4, 0.5) is 0 Å². The van der Waals surface area contributed by atoms with Crippen LogP contribution in [0.3, 0.4) is 0 Å². The van der Waals surface area contributed by atoms with Crippen LogP contribution >= 0.6 is 11.6 Å². The maximum absolute atomic E-state index is 11.3. The van der Waals surface area contributed by atoms with E-state index in [1.165, 1.54) is 6.26 Å². The first-order valence-electron chi connectivity index (χ1n) is 5.27. The molecular weight excluding hydrogens is 262 g/mol. The van der Waals surface area contributed by atoms with E-state index in [1.807, 2.05) is 6.92 Å². The number of aryl methyl sites for hydroxylation is 2. The highest BCUT2D eigenvalue weighted by molar-refractivity contribution is 7.90. The average molecular weight is 280 g/mol. The summed E-state index contributed by atoms with van der Waals surface area (Å²) >= 11 is 6.13. The van der Waals surface area contributed by atoms with Crippen LogP contribution in [0.1, 0.15) is 11.4 Å². The fourth-order valence-electron chi connectivity index (χ4n) is 1.75. The maximum atomic E-state index is 11.3. The molecule has 0 aliphatic rings.